The molecule has 0 aliphatic heterocycles. The number of hydrogen-bond donors (Lipinski definition) is 3. The molecule has 0 rings (SSSR count). The first-order valence-corrected chi connectivity index (χ1v) is 45.0. The summed E-state index contributed by atoms with van der Waals surface area (Å²) < 4.78 is 68.7. The van der Waals surface area contributed by atoms with Gasteiger partial charge in [0, 0.05) is 25.7 Å². The quantitative estimate of drug-likeness (QED) is 0.0222. The summed E-state index contributed by atoms with van der Waals surface area (Å²) in [7, 11) is -9.92. The summed E-state index contributed by atoms with van der Waals surface area (Å²) in [5, 5.41) is 10.6. The number of phosphoric ester groups is 2. The highest BCUT2D eigenvalue weighted by Gasteiger charge is 2.30. The predicted molar refractivity (Wildman–Crippen MR) is 409 cm³/mol. The number of esters is 4. The largest absolute Gasteiger partial charge is 0.472 e. The van der Waals surface area contributed by atoms with E-state index in [0.717, 1.165) is 102 Å². The van der Waals surface area contributed by atoms with E-state index in [1.54, 1.807) is 0 Å². The first-order valence-electron chi connectivity index (χ1n) is 42.0. The van der Waals surface area contributed by atoms with E-state index in [2.05, 4.69) is 41.5 Å². The van der Waals surface area contributed by atoms with Crippen molar-refractivity contribution in [2.75, 3.05) is 39.6 Å². The third kappa shape index (κ3) is 74.3. The van der Waals surface area contributed by atoms with Crippen LogP contribution in [0.1, 0.15) is 427 Å². The molecule has 0 aliphatic carbocycles. The highest BCUT2D eigenvalue weighted by Crippen LogP contribution is 2.45. The number of carbonyl (C=O) groups excluding carboxylic acids is 4. The van der Waals surface area contributed by atoms with E-state index in [9.17, 15) is 43.2 Å². The van der Waals surface area contributed by atoms with Crippen molar-refractivity contribution in [2.45, 2.75) is 445 Å². The summed E-state index contributed by atoms with van der Waals surface area (Å²) in [5.41, 5.74) is 0. The first kappa shape index (κ1) is 98.1. The number of aliphatic hydroxyl groups excluding tert-OH is 1. The molecule has 594 valence electrons. The maximum absolute atomic E-state index is 13.1. The minimum Gasteiger partial charge on any atom is -0.462 e. The van der Waals surface area contributed by atoms with Gasteiger partial charge < -0.3 is 33.8 Å². The van der Waals surface area contributed by atoms with E-state index in [1.807, 2.05) is 0 Å². The maximum atomic E-state index is 13.1. The van der Waals surface area contributed by atoms with Crippen molar-refractivity contribution in [3.05, 3.63) is 0 Å². The van der Waals surface area contributed by atoms with Gasteiger partial charge in [0.05, 0.1) is 26.4 Å². The summed E-state index contributed by atoms with van der Waals surface area (Å²) in [6.45, 7) is 9.54. The van der Waals surface area contributed by atoms with Crippen LogP contribution in [-0.2, 0) is 65.4 Å². The molecular weight excluding hydrogens is 1310 g/mol. The van der Waals surface area contributed by atoms with Crippen molar-refractivity contribution in [3.8, 4) is 0 Å². The Morgan fingerprint density at radius 3 is 0.680 bits per heavy atom. The van der Waals surface area contributed by atoms with Crippen LogP contribution in [0.25, 0.3) is 0 Å². The Labute approximate surface area is 613 Å². The Bertz CT molecular complexity index is 1920. The monoisotopic (exact) mass is 1470 g/mol. The Morgan fingerprint density at radius 2 is 0.460 bits per heavy atom. The molecule has 0 bridgehead atoms. The van der Waals surface area contributed by atoms with Gasteiger partial charge in [-0.15, -0.1) is 0 Å². The van der Waals surface area contributed by atoms with Crippen molar-refractivity contribution >= 4 is 39.5 Å². The number of aliphatic hydroxyl groups is 1. The van der Waals surface area contributed by atoms with Crippen LogP contribution in [0.5, 0.6) is 0 Å². The molecule has 0 radical (unpaired) electrons. The third-order valence-corrected chi connectivity index (χ3v) is 20.9. The summed E-state index contributed by atoms with van der Waals surface area (Å²) in [6, 6.07) is 0. The molecule has 0 aromatic carbocycles. The van der Waals surface area contributed by atoms with Crippen LogP contribution in [-0.4, -0.2) is 96.7 Å². The molecule has 17 nitrogen and oxygen atoms in total. The van der Waals surface area contributed by atoms with Crippen molar-refractivity contribution in [1.82, 2.24) is 0 Å². The fraction of sp³-hybridized carbons (Fsp3) is 0.951. The van der Waals surface area contributed by atoms with Crippen LogP contribution in [0, 0.1) is 11.8 Å². The minimum atomic E-state index is -4.96. The van der Waals surface area contributed by atoms with Gasteiger partial charge in [0.1, 0.15) is 19.3 Å². The van der Waals surface area contributed by atoms with Gasteiger partial charge in [-0.1, -0.05) is 375 Å². The van der Waals surface area contributed by atoms with E-state index in [0.29, 0.717) is 31.6 Å². The molecule has 19 heteroatoms. The Balaban J connectivity index is 5.21. The average Bonchev–Trinajstić information content (AvgIpc) is 0.923. The van der Waals surface area contributed by atoms with E-state index in [4.69, 9.17) is 37.0 Å². The number of hydrogen-bond acceptors (Lipinski definition) is 15. The molecule has 0 aliphatic rings. The van der Waals surface area contributed by atoms with Crippen LogP contribution in [0.2, 0.25) is 0 Å². The highest BCUT2D eigenvalue weighted by molar-refractivity contribution is 7.47. The van der Waals surface area contributed by atoms with Crippen molar-refractivity contribution in [2.24, 2.45) is 11.8 Å². The van der Waals surface area contributed by atoms with Crippen LogP contribution < -0.4 is 0 Å². The van der Waals surface area contributed by atoms with Crippen molar-refractivity contribution < 1.29 is 80.2 Å². The van der Waals surface area contributed by atoms with Crippen molar-refractivity contribution in [1.29, 1.82) is 0 Å². The Hall–Kier alpha value is -1.94. The third-order valence-electron chi connectivity index (χ3n) is 19.0. The zero-order chi connectivity index (χ0) is 73.5. The predicted octanol–water partition coefficient (Wildman–Crippen LogP) is 24.3. The molecule has 0 amide bonds. The Morgan fingerprint density at radius 1 is 0.270 bits per heavy atom. The molecule has 2 unspecified atom stereocenters. The standard InChI is InChI=1S/C81H158O17P2/c1-7-9-11-13-15-17-19-21-23-25-27-28-30-32-34-36-41-45-53-59-65-80(85)97-76(69-91-78(83)63-57-51-44-40-35-33-31-29-26-24-22-20-18-16-14-12-10-8-2)71-95-99(87,88)93-67-75(82)68-94-100(89,90)96-72-77(70-92-79(84)64-58-52-48-47-50-56-62-74(5)6)98-81(86)66-60-54-46-42-38-37-39-43-49-55-61-73(3)4/h73-77,82H,7-72H2,1-6H3,(H,87,88)(H,89,90)/t75-,76-,77-/m1/s1. The zero-order valence-corrected chi connectivity index (χ0v) is 67.3. The van der Waals surface area contributed by atoms with E-state index in [1.165, 1.54) is 238 Å². The molecule has 0 aromatic rings. The Kier molecular flexibility index (Phi) is 71.2. The first-order chi connectivity index (χ1) is 48.4. The van der Waals surface area contributed by atoms with Gasteiger partial charge in [-0.2, -0.15) is 0 Å². The van der Waals surface area contributed by atoms with Crippen LogP contribution in [0.3, 0.4) is 0 Å². The molecule has 100 heavy (non-hydrogen) atoms. The van der Waals surface area contributed by atoms with Crippen molar-refractivity contribution in [3.63, 3.8) is 0 Å². The summed E-state index contributed by atoms with van der Waals surface area (Å²) in [6.07, 6.45) is 62.7. The van der Waals surface area contributed by atoms with E-state index < -0.39 is 97.5 Å². The summed E-state index contributed by atoms with van der Waals surface area (Å²) >= 11 is 0. The van der Waals surface area contributed by atoms with Gasteiger partial charge in [0.25, 0.3) is 0 Å². The zero-order valence-electron chi connectivity index (χ0n) is 65.5. The van der Waals surface area contributed by atoms with Gasteiger partial charge in [0.2, 0.25) is 0 Å². The summed E-state index contributed by atoms with van der Waals surface area (Å²) in [4.78, 5) is 73.0. The van der Waals surface area contributed by atoms with E-state index >= 15 is 0 Å². The topological polar surface area (TPSA) is 237 Å². The molecule has 0 saturated heterocycles. The molecule has 3 N–H and O–H groups in total. The number of rotatable bonds is 80. The number of unbranched alkanes of at least 4 members (excludes halogenated alkanes) is 50. The second kappa shape index (κ2) is 72.6. The van der Waals surface area contributed by atoms with Crippen LogP contribution in [0.4, 0.5) is 0 Å². The molecule has 5 atom stereocenters. The second-order valence-corrected chi connectivity index (χ2v) is 33.0. The van der Waals surface area contributed by atoms with Gasteiger partial charge >= 0.3 is 39.5 Å². The van der Waals surface area contributed by atoms with Gasteiger partial charge in [0.15, 0.2) is 12.2 Å². The van der Waals surface area contributed by atoms with E-state index in [-0.39, 0.29) is 25.7 Å². The van der Waals surface area contributed by atoms with Crippen LogP contribution >= 0.6 is 15.6 Å². The summed E-state index contributed by atoms with van der Waals surface area (Å²) in [5.74, 6) is -0.681. The number of ether oxygens (including phenoxy) is 4. The smallest absolute Gasteiger partial charge is 0.462 e. The second-order valence-electron chi connectivity index (χ2n) is 30.1. The molecule has 0 saturated carbocycles. The lowest BCUT2D eigenvalue weighted by Gasteiger charge is -2.21. The van der Waals surface area contributed by atoms with Gasteiger partial charge in [-0.3, -0.25) is 37.3 Å². The lowest BCUT2D eigenvalue weighted by Crippen LogP contribution is -2.30. The van der Waals surface area contributed by atoms with Crippen LogP contribution in [0.15, 0.2) is 0 Å². The molecule has 0 heterocycles. The number of carbonyl (C=O) groups is 4. The van der Waals surface area contributed by atoms with Gasteiger partial charge in [-0.05, 0) is 37.5 Å². The average molecular weight is 1470 g/mol. The highest BCUT2D eigenvalue weighted by atomic mass is 31.2. The lowest BCUT2D eigenvalue weighted by atomic mass is 10.0. The minimum absolute atomic E-state index is 0.105. The molecule has 0 fully saturated rings. The fourth-order valence-corrected chi connectivity index (χ4v) is 14.1. The fourth-order valence-electron chi connectivity index (χ4n) is 12.5. The SMILES string of the molecule is CCCCCCCCCCCCCCCCCCCCCCC(=O)O[C@H](COC(=O)CCCCCCCCCCCCCCCCCCCC)COP(=O)(O)OC[C@@H](O)COP(=O)(O)OC[C@@H](COC(=O)CCCCCCCCC(C)C)OC(=O)CCCCCCCCCCCCC(C)C. The molecule has 0 aromatic heterocycles. The molecular formula is C81H158O17P2. The van der Waals surface area contributed by atoms with Gasteiger partial charge in [-0.25, -0.2) is 9.13 Å². The maximum Gasteiger partial charge on any atom is 0.472 e. The normalized spacial score (nSPS) is 13.9. The molecule has 0 spiro atoms. The number of phosphoric acid groups is 2. The lowest BCUT2D eigenvalue weighted by molar-refractivity contribution is -0.161.